The summed E-state index contributed by atoms with van der Waals surface area (Å²) >= 11 is 0. The van der Waals surface area contributed by atoms with Crippen molar-refractivity contribution in [1.82, 2.24) is 4.90 Å². The van der Waals surface area contributed by atoms with Gasteiger partial charge in [0.25, 0.3) is 0 Å². The third kappa shape index (κ3) is 3.51. The Labute approximate surface area is 129 Å². The second-order valence-corrected chi connectivity index (χ2v) is 5.25. The average Bonchev–Trinajstić information content (AvgIpc) is 2.55. The normalized spacial score (nSPS) is 21.0. The van der Waals surface area contributed by atoms with E-state index in [-0.39, 0.29) is 6.10 Å². The lowest BCUT2D eigenvalue weighted by atomic mass is 10.2. The number of nitrogens with zero attached hydrogens (tertiary/aromatic N) is 1. The average molecular weight is 305 g/mol. The monoisotopic (exact) mass is 305 g/mol. The highest BCUT2D eigenvalue weighted by Crippen LogP contribution is 2.31. The molecule has 6 heteroatoms. The molecule has 0 saturated carbocycles. The van der Waals surface area contributed by atoms with Crippen LogP contribution < -0.4 is 9.47 Å². The minimum atomic E-state index is -0.681. The molecule has 1 aromatic carbocycles. The van der Waals surface area contributed by atoms with E-state index in [4.69, 9.17) is 14.2 Å². The van der Waals surface area contributed by atoms with Crippen LogP contribution in [0.2, 0.25) is 0 Å². The van der Waals surface area contributed by atoms with Crippen molar-refractivity contribution in [2.75, 3.05) is 33.4 Å². The molecule has 0 saturated heterocycles. The van der Waals surface area contributed by atoms with Gasteiger partial charge in [0.05, 0.1) is 13.7 Å². The Kier molecular flexibility index (Phi) is 4.48. The van der Waals surface area contributed by atoms with Crippen LogP contribution in [0.3, 0.4) is 0 Å². The summed E-state index contributed by atoms with van der Waals surface area (Å²) in [6.07, 6.45) is 2.03. The second-order valence-electron chi connectivity index (χ2n) is 5.25. The van der Waals surface area contributed by atoms with Gasteiger partial charge in [-0.25, -0.2) is 4.79 Å². The van der Waals surface area contributed by atoms with Crippen LogP contribution in [-0.4, -0.2) is 50.5 Å². The highest BCUT2D eigenvalue weighted by atomic mass is 16.7. The van der Waals surface area contributed by atoms with Crippen molar-refractivity contribution in [2.45, 2.75) is 12.5 Å². The smallest absolute Gasteiger partial charge is 0.486 e. The van der Waals surface area contributed by atoms with Crippen molar-refractivity contribution in [1.29, 1.82) is 0 Å². The quantitative estimate of drug-likeness (QED) is 0.798. The summed E-state index contributed by atoms with van der Waals surface area (Å²) in [6.45, 7) is 2.70. The van der Waals surface area contributed by atoms with Gasteiger partial charge >= 0.3 is 6.16 Å². The molecule has 2 aliphatic rings. The molecule has 0 bridgehead atoms. The Bertz CT molecular complexity index is 571. The molecule has 0 N–H and O–H groups in total. The fourth-order valence-electron chi connectivity index (χ4n) is 2.59. The zero-order chi connectivity index (χ0) is 15.4. The Hall–Kier alpha value is -2.21. The topological polar surface area (TPSA) is 57.2 Å². The van der Waals surface area contributed by atoms with Gasteiger partial charge in [-0.1, -0.05) is 12.1 Å². The molecule has 2 aliphatic heterocycles. The highest BCUT2D eigenvalue weighted by Gasteiger charge is 2.25. The standard InChI is InChI=1S/C16H19NO5/c1-19-16(18)22-12-5-4-8-17(9-12)10-13-11-20-14-6-2-3-7-15(14)21-13/h2-3,5-7,13H,4,8-11H2,1H3. The molecule has 118 valence electrons. The summed E-state index contributed by atoms with van der Waals surface area (Å²) < 4.78 is 21.3. The molecule has 1 atom stereocenters. The Morgan fingerprint density at radius 2 is 2.18 bits per heavy atom. The molecule has 0 aliphatic carbocycles. The predicted octanol–water partition coefficient (Wildman–Crippen LogP) is 2.20. The Morgan fingerprint density at radius 1 is 1.36 bits per heavy atom. The maximum atomic E-state index is 11.2. The van der Waals surface area contributed by atoms with Gasteiger partial charge in [-0.2, -0.15) is 0 Å². The molecular formula is C16H19NO5. The number of ether oxygens (including phenoxy) is 4. The van der Waals surface area contributed by atoms with Gasteiger partial charge in [-0.05, 0) is 24.6 Å². The third-order valence-corrected chi connectivity index (χ3v) is 3.61. The predicted molar refractivity (Wildman–Crippen MR) is 79.0 cm³/mol. The molecule has 22 heavy (non-hydrogen) atoms. The van der Waals surface area contributed by atoms with Crippen molar-refractivity contribution in [2.24, 2.45) is 0 Å². The van der Waals surface area contributed by atoms with Gasteiger partial charge in [0.15, 0.2) is 11.5 Å². The summed E-state index contributed by atoms with van der Waals surface area (Å²) in [4.78, 5) is 13.3. The number of fused-ring (bicyclic) bond motifs is 1. The number of carbonyl (C=O) groups is 1. The first-order valence-electron chi connectivity index (χ1n) is 7.30. The van der Waals surface area contributed by atoms with Crippen LogP contribution in [-0.2, 0) is 9.47 Å². The number of carbonyl (C=O) groups excluding carboxylic acids is 1. The maximum absolute atomic E-state index is 11.2. The Morgan fingerprint density at radius 3 is 3.00 bits per heavy atom. The summed E-state index contributed by atoms with van der Waals surface area (Å²) in [7, 11) is 1.30. The first-order valence-corrected chi connectivity index (χ1v) is 7.30. The molecule has 0 amide bonds. The summed E-state index contributed by atoms with van der Waals surface area (Å²) in [6, 6.07) is 7.66. The van der Waals surface area contributed by atoms with Gasteiger partial charge in [-0.3, -0.25) is 4.90 Å². The molecule has 0 fully saturated rings. The van der Waals surface area contributed by atoms with Crippen molar-refractivity contribution in [3.05, 3.63) is 36.1 Å². The zero-order valence-corrected chi connectivity index (χ0v) is 12.5. The summed E-state index contributed by atoms with van der Waals surface area (Å²) in [5, 5.41) is 0. The number of rotatable bonds is 3. The van der Waals surface area contributed by atoms with E-state index in [1.807, 2.05) is 30.3 Å². The number of benzene rings is 1. The van der Waals surface area contributed by atoms with Gasteiger partial charge in [0.1, 0.15) is 18.5 Å². The Balaban J connectivity index is 1.54. The number of hydrogen-bond acceptors (Lipinski definition) is 6. The fourth-order valence-corrected chi connectivity index (χ4v) is 2.59. The van der Waals surface area contributed by atoms with E-state index in [1.165, 1.54) is 7.11 Å². The lowest BCUT2D eigenvalue weighted by molar-refractivity contribution is 0.0509. The van der Waals surface area contributed by atoms with Gasteiger partial charge in [0.2, 0.25) is 0 Å². The van der Waals surface area contributed by atoms with Crippen molar-refractivity contribution in [3.63, 3.8) is 0 Å². The molecule has 1 aromatic rings. The maximum Gasteiger partial charge on any atom is 0.513 e. The highest BCUT2D eigenvalue weighted by molar-refractivity contribution is 5.61. The largest absolute Gasteiger partial charge is 0.513 e. The lowest BCUT2D eigenvalue weighted by Gasteiger charge is -2.32. The van der Waals surface area contributed by atoms with Crippen molar-refractivity contribution in [3.8, 4) is 11.5 Å². The van der Waals surface area contributed by atoms with Crippen LogP contribution in [0.15, 0.2) is 36.1 Å². The minimum Gasteiger partial charge on any atom is -0.486 e. The second kappa shape index (κ2) is 6.70. The van der Waals surface area contributed by atoms with Crippen LogP contribution in [0.25, 0.3) is 0 Å². The molecule has 0 spiro atoms. The molecule has 2 heterocycles. The van der Waals surface area contributed by atoms with Gasteiger partial charge < -0.3 is 18.9 Å². The van der Waals surface area contributed by atoms with E-state index in [9.17, 15) is 4.79 Å². The lowest BCUT2D eigenvalue weighted by Crippen LogP contribution is -2.43. The first-order chi connectivity index (χ1) is 10.7. The minimum absolute atomic E-state index is 0.0348. The van der Waals surface area contributed by atoms with E-state index < -0.39 is 6.16 Å². The number of para-hydroxylation sites is 2. The van der Waals surface area contributed by atoms with E-state index in [2.05, 4.69) is 9.64 Å². The summed E-state index contributed by atoms with van der Waals surface area (Å²) in [5.41, 5.74) is 0. The van der Waals surface area contributed by atoms with E-state index >= 15 is 0 Å². The number of methoxy groups -OCH3 is 1. The molecular weight excluding hydrogens is 286 g/mol. The molecule has 3 rings (SSSR count). The van der Waals surface area contributed by atoms with Crippen LogP contribution in [0.4, 0.5) is 4.79 Å². The van der Waals surface area contributed by atoms with Crippen LogP contribution >= 0.6 is 0 Å². The van der Waals surface area contributed by atoms with Gasteiger partial charge in [0, 0.05) is 13.1 Å². The molecule has 6 nitrogen and oxygen atoms in total. The van der Waals surface area contributed by atoms with Crippen molar-refractivity contribution < 1.29 is 23.7 Å². The van der Waals surface area contributed by atoms with E-state index in [0.29, 0.717) is 18.9 Å². The molecule has 0 radical (unpaired) electrons. The van der Waals surface area contributed by atoms with Crippen LogP contribution in [0.1, 0.15) is 6.42 Å². The van der Waals surface area contributed by atoms with Crippen molar-refractivity contribution >= 4 is 6.16 Å². The molecule has 1 unspecified atom stereocenters. The van der Waals surface area contributed by atoms with Gasteiger partial charge in [-0.15, -0.1) is 0 Å². The summed E-state index contributed by atoms with van der Waals surface area (Å²) in [5.74, 6) is 2.18. The van der Waals surface area contributed by atoms with E-state index in [0.717, 1.165) is 31.0 Å². The van der Waals surface area contributed by atoms with Crippen LogP contribution in [0, 0.1) is 0 Å². The fraction of sp³-hybridized carbons (Fsp3) is 0.438. The zero-order valence-electron chi connectivity index (χ0n) is 12.5. The first kappa shape index (κ1) is 14.7. The van der Waals surface area contributed by atoms with E-state index in [1.54, 1.807) is 0 Å². The third-order valence-electron chi connectivity index (χ3n) is 3.61. The molecule has 0 aromatic heterocycles. The SMILES string of the molecule is COC(=O)OC1=CCCN(CC2COc3ccccc3O2)C1. The number of hydrogen-bond donors (Lipinski definition) is 0. The van der Waals surface area contributed by atoms with Crippen LogP contribution in [0.5, 0.6) is 11.5 Å².